The van der Waals surface area contributed by atoms with Crippen molar-refractivity contribution in [1.29, 1.82) is 0 Å². The molecule has 0 radical (unpaired) electrons. The Bertz CT molecular complexity index is 813. The van der Waals surface area contributed by atoms with Crippen molar-refractivity contribution >= 4 is 5.95 Å². The van der Waals surface area contributed by atoms with Crippen molar-refractivity contribution in [2.75, 3.05) is 31.9 Å². The van der Waals surface area contributed by atoms with Crippen molar-refractivity contribution < 1.29 is 14.2 Å². The summed E-state index contributed by atoms with van der Waals surface area (Å²) in [7, 11) is 0. The molecule has 7 nitrogen and oxygen atoms in total. The summed E-state index contributed by atoms with van der Waals surface area (Å²) in [5.41, 5.74) is 2.89. The van der Waals surface area contributed by atoms with Gasteiger partial charge in [-0.3, -0.25) is 0 Å². The molecule has 1 aromatic heterocycles. The van der Waals surface area contributed by atoms with E-state index in [9.17, 15) is 0 Å². The maximum Gasteiger partial charge on any atom is 0.243 e. The van der Waals surface area contributed by atoms with Crippen molar-refractivity contribution in [3.8, 4) is 29.4 Å². The SMILES string of the molecule is C#Cc1ccc(-c2nnc(NC[C@H]3CCCO3)nc2C)c(OCOCC)c1. The molecule has 1 saturated heterocycles. The van der Waals surface area contributed by atoms with Crippen molar-refractivity contribution in [3.63, 3.8) is 0 Å². The molecule has 1 aliphatic rings. The molecule has 0 unspecified atom stereocenters. The van der Waals surface area contributed by atoms with E-state index in [2.05, 4.69) is 26.4 Å². The van der Waals surface area contributed by atoms with Gasteiger partial charge in [-0.25, -0.2) is 4.98 Å². The molecule has 1 N–H and O–H groups in total. The lowest BCUT2D eigenvalue weighted by atomic mass is 10.1. The molecule has 0 aliphatic carbocycles. The molecule has 1 aliphatic heterocycles. The minimum Gasteiger partial charge on any atom is -0.467 e. The first-order chi connectivity index (χ1) is 13.2. The Kier molecular flexibility index (Phi) is 6.58. The lowest BCUT2D eigenvalue weighted by Crippen LogP contribution is -2.20. The number of ether oxygens (including phenoxy) is 3. The average molecular weight is 368 g/mol. The standard InChI is InChI=1S/C20H24N4O3/c1-4-15-8-9-17(18(11-15)27-13-25-5-2)19-14(3)22-20(24-23-19)21-12-16-7-6-10-26-16/h1,8-9,11,16H,5-7,10,12-13H2,2-3H3,(H,21,22,24)/t16-/m1/s1. The van der Waals surface area contributed by atoms with Gasteiger partial charge in [-0.2, -0.15) is 0 Å². The summed E-state index contributed by atoms with van der Waals surface area (Å²) in [6, 6.07) is 5.50. The minimum absolute atomic E-state index is 0.137. The fourth-order valence-electron chi connectivity index (χ4n) is 2.85. The summed E-state index contributed by atoms with van der Waals surface area (Å²) < 4.78 is 16.6. The third kappa shape index (κ3) is 4.94. The largest absolute Gasteiger partial charge is 0.467 e. The summed E-state index contributed by atoms with van der Waals surface area (Å²) in [5.74, 6) is 3.69. The first-order valence-electron chi connectivity index (χ1n) is 9.09. The van der Waals surface area contributed by atoms with Crippen LogP contribution >= 0.6 is 0 Å². The van der Waals surface area contributed by atoms with E-state index in [0.29, 0.717) is 30.5 Å². The van der Waals surface area contributed by atoms with E-state index >= 15 is 0 Å². The quantitative estimate of drug-likeness (QED) is 0.436. The van der Waals surface area contributed by atoms with Crippen LogP contribution in [-0.4, -0.2) is 47.8 Å². The highest BCUT2D eigenvalue weighted by molar-refractivity contribution is 5.70. The molecule has 0 saturated carbocycles. The van der Waals surface area contributed by atoms with Gasteiger partial charge in [0.1, 0.15) is 11.4 Å². The number of rotatable bonds is 8. The van der Waals surface area contributed by atoms with Crippen LogP contribution in [-0.2, 0) is 9.47 Å². The highest BCUT2D eigenvalue weighted by Crippen LogP contribution is 2.31. The predicted molar refractivity (Wildman–Crippen MR) is 103 cm³/mol. The van der Waals surface area contributed by atoms with Crippen LogP contribution in [0.4, 0.5) is 5.95 Å². The van der Waals surface area contributed by atoms with Crippen LogP contribution in [0.3, 0.4) is 0 Å². The molecule has 27 heavy (non-hydrogen) atoms. The summed E-state index contributed by atoms with van der Waals surface area (Å²) in [4.78, 5) is 4.52. The molecule has 2 heterocycles. The van der Waals surface area contributed by atoms with Crippen molar-refractivity contribution in [2.24, 2.45) is 0 Å². The van der Waals surface area contributed by atoms with E-state index in [1.807, 2.05) is 26.0 Å². The van der Waals surface area contributed by atoms with Crippen LogP contribution < -0.4 is 10.1 Å². The number of hydrogen-bond donors (Lipinski definition) is 1. The molecule has 0 spiro atoms. The Hall–Kier alpha value is -2.69. The van der Waals surface area contributed by atoms with E-state index < -0.39 is 0 Å². The molecular weight excluding hydrogens is 344 g/mol. The van der Waals surface area contributed by atoms with Crippen molar-refractivity contribution in [3.05, 3.63) is 29.5 Å². The predicted octanol–water partition coefficient (Wildman–Crippen LogP) is 2.79. The van der Waals surface area contributed by atoms with E-state index in [0.717, 1.165) is 36.3 Å². The van der Waals surface area contributed by atoms with Crippen LogP contribution in [0.25, 0.3) is 11.3 Å². The lowest BCUT2D eigenvalue weighted by Gasteiger charge is -2.14. The Balaban J connectivity index is 1.79. The van der Waals surface area contributed by atoms with Gasteiger partial charge in [-0.15, -0.1) is 16.6 Å². The number of anilines is 1. The fraction of sp³-hybridized carbons (Fsp3) is 0.450. The molecule has 0 amide bonds. The van der Waals surface area contributed by atoms with Crippen molar-refractivity contribution in [2.45, 2.75) is 32.8 Å². The Morgan fingerprint density at radius 3 is 2.96 bits per heavy atom. The van der Waals surface area contributed by atoms with Crippen LogP contribution in [0.2, 0.25) is 0 Å². The number of aromatic nitrogens is 3. The van der Waals surface area contributed by atoms with E-state index in [1.165, 1.54) is 0 Å². The maximum absolute atomic E-state index is 5.73. The van der Waals surface area contributed by atoms with Gasteiger partial charge in [0.25, 0.3) is 0 Å². The van der Waals surface area contributed by atoms with Gasteiger partial charge in [0, 0.05) is 30.9 Å². The Labute approximate surface area is 159 Å². The van der Waals surface area contributed by atoms with Gasteiger partial charge in [-0.05, 0) is 44.9 Å². The third-order valence-electron chi connectivity index (χ3n) is 4.28. The van der Waals surface area contributed by atoms with Gasteiger partial charge in [0.05, 0.1) is 11.8 Å². The highest BCUT2D eigenvalue weighted by Gasteiger charge is 2.17. The molecule has 3 rings (SSSR count). The van der Waals surface area contributed by atoms with Crippen LogP contribution in [0.5, 0.6) is 5.75 Å². The lowest BCUT2D eigenvalue weighted by molar-refractivity contribution is 0.0227. The second-order valence-electron chi connectivity index (χ2n) is 6.20. The Morgan fingerprint density at radius 1 is 1.37 bits per heavy atom. The zero-order chi connectivity index (χ0) is 19.1. The molecule has 1 fully saturated rings. The van der Waals surface area contributed by atoms with Crippen LogP contribution in [0.15, 0.2) is 18.2 Å². The molecule has 0 bridgehead atoms. The maximum atomic E-state index is 5.73. The first-order valence-corrected chi connectivity index (χ1v) is 9.09. The summed E-state index contributed by atoms with van der Waals surface area (Å²) in [6.45, 7) is 6.00. The fourth-order valence-corrected chi connectivity index (χ4v) is 2.85. The smallest absolute Gasteiger partial charge is 0.243 e. The number of aryl methyl sites for hydroxylation is 1. The van der Waals surface area contributed by atoms with Gasteiger partial charge in [0.2, 0.25) is 5.95 Å². The normalized spacial score (nSPS) is 16.1. The van der Waals surface area contributed by atoms with Gasteiger partial charge >= 0.3 is 0 Å². The molecular formula is C20H24N4O3. The molecule has 7 heteroatoms. The number of nitrogens with zero attached hydrogens (tertiary/aromatic N) is 3. The number of benzene rings is 1. The van der Waals surface area contributed by atoms with E-state index in [4.69, 9.17) is 20.6 Å². The topological polar surface area (TPSA) is 78.4 Å². The van der Waals surface area contributed by atoms with Crippen molar-refractivity contribution in [1.82, 2.24) is 15.2 Å². The minimum atomic E-state index is 0.137. The molecule has 1 atom stereocenters. The van der Waals surface area contributed by atoms with Crippen LogP contribution in [0.1, 0.15) is 31.0 Å². The van der Waals surface area contributed by atoms with Gasteiger partial charge in [0.15, 0.2) is 6.79 Å². The number of hydrogen-bond acceptors (Lipinski definition) is 7. The first kappa shape index (κ1) is 19.1. The number of terminal acetylenes is 1. The molecule has 142 valence electrons. The zero-order valence-corrected chi connectivity index (χ0v) is 15.7. The summed E-state index contributed by atoms with van der Waals surface area (Å²) in [5, 5.41) is 11.7. The monoisotopic (exact) mass is 368 g/mol. The van der Waals surface area contributed by atoms with E-state index in [-0.39, 0.29) is 12.9 Å². The second kappa shape index (κ2) is 9.31. The Morgan fingerprint density at radius 2 is 2.26 bits per heavy atom. The highest BCUT2D eigenvalue weighted by atomic mass is 16.7. The summed E-state index contributed by atoms with van der Waals surface area (Å²) >= 11 is 0. The summed E-state index contributed by atoms with van der Waals surface area (Å²) in [6.07, 6.45) is 7.87. The second-order valence-corrected chi connectivity index (χ2v) is 6.20. The molecule has 1 aromatic carbocycles. The van der Waals surface area contributed by atoms with Gasteiger partial charge < -0.3 is 19.5 Å². The van der Waals surface area contributed by atoms with Crippen LogP contribution in [0, 0.1) is 19.3 Å². The van der Waals surface area contributed by atoms with E-state index in [1.54, 1.807) is 6.07 Å². The van der Waals surface area contributed by atoms with Gasteiger partial charge in [-0.1, -0.05) is 5.92 Å². The zero-order valence-electron chi connectivity index (χ0n) is 15.7. The average Bonchev–Trinajstić information content (AvgIpc) is 3.20. The number of nitrogens with one attached hydrogen (secondary N) is 1. The third-order valence-corrected chi connectivity index (χ3v) is 4.28. The molecule has 2 aromatic rings.